The van der Waals surface area contributed by atoms with Gasteiger partial charge in [0.05, 0.1) is 33.8 Å². The van der Waals surface area contributed by atoms with Gasteiger partial charge in [0.15, 0.2) is 0 Å². The molecule has 0 radical (unpaired) electrons. The normalized spacial score (nSPS) is 14.2. The summed E-state index contributed by atoms with van der Waals surface area (Å²) in [6.45, 7) is 3.65. The van der Waals surface area contributed by atoms with Gasteiger partial charge in [0, 0.05) is 19.3 Å². The molecule has 0 saturated carbocycles. The van der Waals surface area contributed by atoms with Gasteiger partial charge in [-0.1, -0.05) is 19.1 Å². The molecule has 0 amide bonds. The van der Waals surface area contributed by atoms with Crippen LogP contribution in [0.1, 0.15) is 42.1 Å². The zero-order valence-electron chi connectivity index (χ0n) is 18.7. The quantitative estimate of drug-likeness (QED) is 0.477. The first-order valence-corrected chi connectivity index (χ1v) is 13.2. The number of aromatic nitrogens is 1. The second-order valence-electron chi connectivity index (χ2n) is 7.93. The Morgan fingerprint density at radius 1 is 1.12 bits per heavy atom. The van der Waals surface area contributed by atoms with Crippen molar-refractivity contribution in [2.24, 2.45) is 0 Å². The number of sulfonamides is 1. The number of hydrogen-bond acceptors (Lipinski definition) is 7. The summed E-state index contributed by atoms with van der Waals surface area (Å²) >= 11 is 1.36. The van der Waals surface area contributed by atoms with Crippen molar-refractivity contribution >= 4 is 38.9 Å². The Morgan fingerprint density at radius 3 is 2.58 bits per heavy atom. The largest absolute Gasteiger partial charge is 0.465 e. The number of rotatable bonds is 7. The summed E-state index contributed by atoms with van der Waals surface area (Å²) in [4.78, 5) is 15.3. The summed E-state index contributed by atoms with van der Waals surface area (Å²) in [5.74, 6) is -0.574. The van der Waals surface area contributed by atoms with Gasteiger partial charge in [-0.2, -0.15) is 0 Å². The lowest BCUT2D eigenvalue weighted by Crippen LogP contribution is -2.30. The smallest absolute Gasteiger partial charge is 0.337 e. The Labute approximate surface area is 198 Å². The molecule has 1 saturated heterocycles. The van der Waals surface area contributed by atoms with E-state index in [0.717, 1.165) is 42.1 Å². The molecule has 33 heavy (non-hydrogen) atoms. The predicted molar refractivity (Wildman–Crippen MR) is 132 cm³/mol. The number of carbonyl (C=O) groups excluding carboxylic acids is 1. The zero-order chi connectivity index (χ0) is 23.4. The number of piperidine rings is 1. The molecule has 174 valence electrons. The lowest BCUT2D eigenvalue weighted by Gasteiger charge is -2.31. The highest BCUT2D eigenvalue weighted by atomic mass is 32.2. The van der Waals surface area contributed by atoms with Crippen LogP contribution in [0, 0.1) is 0 Å². The minimum absolute atomic E-state index is 0.0840. The van der Waals surface area contributed by atoms with Gasteiger partial charge in [-0.15, -0.1) is 0 Å². The van der Waals surface area contributed by atoms with Crippen LogP contribution < -0.4 is 9.62 Å². The predicted octanol–water partition coefficient (Wildman–Crippen LogP) is 4.95. The fraction of sp³-hybridized carbons (Fsp3) is 0.333. The lowest BCUT2D eigenvalue weighted by molar-refractivity contribution is 0.0600. The monoisotopic (exact) mass is 485 g/mol. The van der Waals surface area contributed by atoms with Crippen LogP contribution in [0.25, 0.3) is 10.4 Å². The van der Waals surface area contributed by atoms with Gasteiger partial charge in [-0.05, 0) is 78.7 Å². The molecular formula is C24H27N3O4S2. The van der Waals surface area contributed by atoms with Crippen LogP contribution in [-0.4, -0.2) is 39.0 Å². The van der Waals surface area contributed by atoms with Gasteiger partial charge in [0.25, 0.3) is 10.0 Å². The molecular weight excluding hydrogens is 458 g/mol. The summed E-state index contributed by atoms with van der Waals surface area (Å²) < 4.78 is 38.9. The van der Waals surface area contributed by atoms with E-state index in [4.69, 9.17) is 4.74 Å². The molecule has 0 bridgehead atoms. The number of ether oxygens (including phenoxy) is 1. The number of carbonyl (C=O) groups is 1. The van der Waals surface area contributed by atoms with E-state index in [1.807, 2.05) is 31.2 Å². The molecule has 7 nitrogen and oxygen atoms in total. The second kappa shape index (κ2) is 9.93. The Hall–Kier alpha value is -2.91. The van der Waals surface area contributed by atoms with Gasteiger partial charge in [-0.3, -0.25) is 4.72 Å². The molecule has 1 aliphatic rings. The van der Waals surface area contributed by atoms with Crippen LogP contribution >= 0.6 is 11.5 Å². The zero-order valence-corrected chi connectivity index (χ0v) is 20.3. The number of anilines is 2. The van der Waals surface area contributed by atoms with E-state index in [-0.39, 0.29) is 10.5 Å². The van der Waals surface area contributed by atoms with Crippen molar-refractivity contribution in [2.45, 2.75) is 37.5 Å². The van der Waals surface area contributed by atoms with Crippen molar-refractivity contribution in [2.75, 3.05) is 29.8 Å². The number of nitrogens with zero attached hydrogens (tertiary/aromatic N) is 2. The summed E-state index contributed by atoms with van der Waals surface area (Å²) in [6.07, 6.45) is 5.57. The first-order chi connectivity index (χ1) is 15.9. The molecule has 0 atom stereocenters. The fourth-order valence-corrected chi connectivity index (χ4v) is 6.08. The van der Waals surface area contributed by atoms with Gasteiger partial charge < -0.3 is 9.64 Å². The highest BCUT2D eigenvalue weighted by Crippen LogP contribution is 2.36. The second-order valence-corrected chi connectivity index (χ2v) is 10.4. The van der Waals surface area contributed by atoms with Crippen LogP contribution in [0.3, 0.4) is 0 Å². The molecule has 2 aromatic carbocycles. The number of methoxy groups -OCH3 is 1. The summed E-state index contributed by atoms with van der Waals surface area (Å²) in [5, 5.41) is 0. The number of nitrogens with one attached hydrogen (secondary N) is 1. The van der Waals surface area contributed by atoms with Crippen molar-refractivity contribution in [3.05, 3.63) is 59.8 Å². The molecule has 1 N–H and O–H groups in total. The average Bonchev–Trinajstić information content (AvgIpc) is 3.38. The van der Waals surface area contributed by atoms with Gasteiger partial charge >= 0.3 is 5.97 Å². The highest BCUT2D eigenvalue weighted by molar-refractivity contribution is 7.92. The van der Waals surface area contributed by atoms with Crippen molar-refractivity contribution in [1.82, 2.24) is 4.37 Å². The Balaban J connectivity index is 1.78. The van der Waals surface area contributed by atoms with Gasteiger partial charge in [0.2, 0.25) is 0 Å². The van der Waals surface area contributed by atoms with E-state index >= 15 is 0 Å². The van der Waals surface area contributed by atoms with Crippen molar-refractivity contribution < 1.29 is 17.9 Å². The summed E-state index contributed by atoms with van der Waals surface area (Å²) in [6, 6.07) is 12.4. The third kappa shape index (κ3) is 5.04. The van der Waals surface area contributed by atoms with E-state index in [1.165, 1.54) is 31.1 Å². The molecule has 0 unspecified atom stereocenters. The maximum absolute atomic E-state index is 13.6. The maximum Gasteiger partial charge on any atom is 0.337 e. The van der Waals surface area contributed by atoms with Crippen LogP contribution in [0.4, 0.5) is 11.4 Å². The number of benzene rings is 2. The average molecular weight is 486 g/mol. The van der Waals surface area contributed by atoms with Gasteiger partial charge in [-0.25, -0.2) is 17.6 Å². The third-order valence-corrected chi connectivity index (χ3v) is 8.06. The number of esters is 1. The van der Waals surface area contributed by atoms with Crippen LogP contribution in [0.5, 0.6) is 0 Å². The van der Waals surface area contributed by atoms with Crippen LogP contribution in [-0.2, 0) is 21.2 Å². The topological polar surface area (TPSA) is 88.6 Å². The Bertz CT molecular complexity index is 1230. The number of aryl methyl sites for hydroxylation is 1. The standard InChI is InChI=1S/C24H27N3O4S2/c1-3-17-7-8-19(24(28)31-2)16-23(17)33(29,30)26-20-15-18(22-11-12-25-32-22)9-10-21(20)27-13-5-4-6-14-27/h7-12,15-16,26H,3-6,13-14H2,1-2H3. The first kappa shape index (κ1) is 23.3. The fourth-order valence-electron chi connectivity index (χ4n) is 4.09. The summed E-state index contributed by atoms with van der Waals surface area (Å²) in [7, 11) is -2.69. The van der Waals surface area contributed by atoms with E-state index in [2.05, 4.69) is 14.0 Å². The molecule has 3 aromatic rings. The molecule has 1 aromatic heterocycles. The molecule has 1 fully saturated rings. The van der Waals surface area contributed by atoms with E-state index in [9.17, 15) is 13.2 Å². The Kier molecular flexibility index (Phi) is 6.99. The molecule has 1 aliphatic heterocycles. The third-order valence-electron chi connectivity index (χ3n) is 5.82. The van der Waals surface area contributed by atoms with E-state index in [1.54, 1.807) is 18.3 Å². The minimum atomic E-state index is -3.96. The van der Waals surface area contributed by atoms with E-state index < -0.39 is 16.0 Å². The molecule has 9 heteroatoms. The van der Waals surface area contributed by atoms with Gasteiger partial charge in [0.1, 0.15) is 0 Å². The van der Waals surface area contributed by atoms with Crippen molar-refractivity contribution in [3.8, 4) is 10.4 Å². The lowest BCUT2D eigenvalue weighted by atomic mass is 10.1. The first-order valence-electron chi connectivity index (χ1n) is 11.0. The molecule has 0 aliphatic carbocycles. The number of hydrogen-bond donors (Lipinski definition) is 1. The van der Waals surface area contributed by atoms with E-state index in [0.29, 0.717) is 17.7 Å². The van der Waals surface area contributed by atoms with Crippen LogP contribution in [0.2, 0.25) is 0 Å². The van der Waals surface area contributed by atoms with Crippen LogP contribution in [0.15, 0.2) is 53.6 Å². The minimum Gasteiger partial charge on any atom is -0.465 e. The Morgan fingerprint density at radius 2 is 1.91 bits per heavy atom. The highest BCUT2D eigenvalue weighted by Gasteiger charge is 2.24. The summed E-state index contributed by atoms with van der Waals surface area (Å²) in [5.41, 5.74) is 3.11. The molecule has 0 spiro atoms. The van der Waals surface area contributed by atoms with Crippen molar-refractivity contribution in [1.29, 1.82) is 0 Å². The van der Waals surface area contributed by atoms with Crippen molar-refractivity contribution in [3.63, 3.8) is 0 Å². The molecule has 2 heterocycles. The SMILES string of the molecule is CCc1ccc(C(=O)OC)cc1S(=O)(=O)Nc1cc(-c2ccns2)ccc1N1CCCCC1. The molecule has 4 rings (SSSR count). The maximum atomic E-state index is 13.6.